The van der Waals surface area contributed by atoms with Gasteiger partial charge in [-0.05, 0) is 69.0 Å². The number of aryl methyl sites for hydroxylation is 1. The lowest BCUT2D eigenvalue weighted by atomic mass is 9.92. The lowest BCUT2D eigenvalue weighted by molar-refractivity contribution is -0.137. The quantitative estimate of drug-likeness (QED) is 0.208. The summed E-state index contributed by atoms with van der Waals surface area (Å²) < 4.78 is 41.9. The molecule has 5 rings (SSSR count). The number of nitrogens with zero attached hydrogens (tertiary/aromatic N) is 3. The molecule has 238 valence electrons. The Bertz CT molecular complexity index is 1670. The van der Waals surface area contributed by atoms with Crippen molar-refractivity contribution in [2.45, 2.75) is 70.4 Å². The molecule has 0 bridgehead atoms. The first-order chi connectivity index (χ1) is 21.4. The fraction of sp³-hybridized carbons (Fsp3) is 0.382. The number of aromatic nitrogens is 2. The summed E-state index contributed by atoms with van der Waals surface area (Å²) in [5, 5.41) is 22.8. The molecule has 1 aliphatic rings. The SMILES string of the molecule is CCn1ncc2c(N3CCCC3=O)cc(C(=O)N[C@@H](Cc3ccccc3)[C@H](O)CNC(C)(C)c3cccc(C(F)(F)F)c3)cc21. The van der Waals surface area contributed by atoms with Crippen molar-refractivity contribution in [2.75, 3.05) is 18.0 Å². The molecule has 0 aliphatic carbocycles. The molecule has 4 aromatic rings. The Hall–Kier alpha value is -4.22. The summed E-state index contributed by atoms with van der Waals surface area (Å²) in [4.78, 5) is 28.2. The van der Waals surface area contributed by atoms with Gasteiger partial charge in [0.05, 0.1) is 35.1 Å². The van der Waals surface area contributed by atoms with Crippen LogP contribution in [0.2, 0.25) is 0 Å². The van der Waals surface area contributed by atoms with Gasteiger partial charge < -0.3 is 20.6 Å². The number of fused-ring (bicyclic) bond motifs is 1. The summed E-state index contributed by atoms with van der Waals surface area (Å²) in [5.41, 5.74) is 1.33. The zero-order valence-electron chi connectivity index (χ0n) is 25.6. The normalized spacial score (nSPS) is 15.4. The predicted octanol–water partition coefficient (Wildman–Crippen LogP) is 5.43. The number of alkyl halides is 3. The Labute approximate surface area is 260 Å². The van der Waals surface area contributed by atoms with Crippen LogP contribution in [-0.2, 0) is 29.5 Å². The molecule has 0 unspecified atom stereocenters. The van der Waals surface area contributed by atoms with Crippen molar-refractivity contribution < 1.29 is 27.9 Å². The summed E-state index contributed by atoms with van der Waals surface area (Å²) in [6.07, 6.45) is -2.38. The van der Waals surface area contributed by atoms with Crippen molar-refractivity contribution in [3.63, 3.8) is 0 Å². The van der Waals surface area contributed by atoms with E-state index in [0.717, 1.165) is 35.0 Å². The summed E-state index contributed by atoms with van der Waals surface area (Å²) >= 11 is 0. The predicted molar refractivity (Wildman–Crippen MR) is 167 cm³/mol. The monoisotopic (exact) mass is 621 g/mol. The highest BCUT2D eigenvalue weighted by Gasteiger charge is 2.33. The van der Waals surface area contributed by atoms with Crippen LogP contribution in [0.5, 0.6) is 0 Å². The number of rotatable bonds is 11. The topological polar surface area (TPSA) is 99.5 Å². The number of carbonyl (C=O) groups is 2. The van der Waals surface area contributed by atoms with Crippen LogP contribution in [-0.4, -0.2) is 51.9 Å². The summed E-state index contributed by atoms with van der Waals surface area (Å²) in [5.74, 6) is -0.435. The van der Waals surface area contributed by atoms with E-state index in [1.165, 1.54) is 6.07 Å². The summed E-state index contributed by atoms with van der Waals surface area (Å²) in [6, 6.07) is 17.2. The molecule has 11 heteroatoms. The molecular weight excluding hydrogens is 583 g/mol. The van der Waals surface area contributed by atoms with E-state index in [-0.39, 0.29) is 12.5 Å². The molecule has 2 amide bonds. The summed E-state index contributed by atoms with van der Waals surface area (Å²) in [6.45, 7) is 6.56. The number of hydrogen-bond donors (Lipinski definition) is 3. The van der Waals surface area contributed by atoms with Gasteiger partial charge in [0, 0.05) is 42.5 Å². The Morgan fingerprint density at radius 3 is 2.44 bits per heavy atom. The van der Waals surface area contributed by atoms with Crippen LogP contribution in [0.1, 0.15) is 60.7 Å². The number of hydrogen-bond acceptors (Lipinski definition) is 5. The smallest absolute Gasteiger partial charge is 0.390 e. The second-order valence-corrected chi connectivity index (χ2v) is 12.0. The van der Waals surface area contributed by atoms with Crippen molar-refractivity contribution in [3.05, 3.63) is 95.2 Å². The third-order valence-electron chi connectivity index (χ3n) is 8.41. The maximum atomic E-state index is 13.8. The molecule has 3 N–H and O–H groups in total. The first-order valence-corrected chi connectivity index (χ1v) is 15.1. The molecule has 0 radical (unpaired) electrons. The van der Waals surface area contributed by atoms with Crippen molar-refractivity contribution in [3.8, 4) is 0 Å². The minimum absolute atomic E-state index is 0.00377. The number of benzene rings is 3. The van der Waals surface area contributed by atoms with E-state index in [4.69, 9.17) is 0 Å². The molecule has 1 aliphatic heterocycles. The number of anilines is 1. The molecular formula is C34H38F3N5O3. The highest BCUT2D eigenvalue weighted by atomic mass is 19.4. The second kappa shape index (κ2) is 13.0. The number of halogens is 3. The van der Waals surface area contributed by atoms with Crippen molar-refractivity contribution in [2.24, 2.45) is 0 Å². The average molecular weight is 622 g/mol. The zero-order chi connectivity index (χ0) is 32.4. The van der Waals surface area contributed by atoms with Crippen molar-refractivity contribution in [1.29, 1.82) is 0 Å². The Morgan fingerprint density at radius 1 is 1.04 bits per heavy atom. The number of aliphatic hydroxyl groups excluding tert-OH is 1. The number of nitrogens with one attached hydrogen (secondary N) is 2. The van der Waals surface area contributed by atoms with Gasteiger partial charge in [-0.1, -0.05) is 42.5 Å². The molecule has 1 saturated heterocycles. The lowest BCUT2D eigenvalue weighted by Gasteiger charge is -2.31. The first kappa shape index (κ1) is 32.2. The fourth-order valence-electron chi connectivity index (χ4n) is 5.76. The van der Waals surface area contributed by atoms with Gasteiger partial charge in [0.15, 0.2) is 0 Å². The van der Waals surface area contributed by atoms with Crippen LogP contribution in [0, 0.1) is 0 Å². The van der Waals surface area contributed by atoms with Crippen LogP contribution in [0.15, 0.2) is 72.9 Å². The van der Waals surface area contributed by atoms with E-state index in [0.29, 0.717) is 42.7 Å². The highest BCUT2D eigenvalue weighted by molar-refractivity contribution is 6.08. The number of carbonyl (C=O) groups excluding carboxylic acids is 2. The zero-order valence-corrected chi connectivity index (χ0v) is 25.6. The van der Waals surface area contributed by atoms with E-state index in [1.54, 1.807) is 47.8 Å². The molecule has 2 heterocycles. The minimum Gasteiger partial charge on any atom is -0.390 e. The van der Waals surface area contributed by atoms with Crippen molar-refractivity contribution in [1.82, 2.24) is 20.4 Å². The lowest BCUT2D eigenvalue weighted by Crippen LogP contribution is -2.51. The maximum Gasteiger partial charge on any atom is 0.416 e. The fourth-order valence-corrected chi connectivity index (χ4v) is 5.76. The third-order valence-corrected chi connectivity index (χ3v) is 8.41. The largest absolute Gasteiger partial charge is 0.416 e. The molecule has 8 nitrogen and oxygen atoms in total. The van der Waals surface area contributed by atoms with Gasteiger partial charge in [0.1, 0.15) is 0 Å². The second-order valence-electron chi connectivity index (χ2n) is 12.0. The van der Waals surface area contributed by atoms with Gasteiger partial charge in [-0.25, -0.2) is 0 Å². The van der Waals surface area contributed by atoms with Crippen LogP contribution in [0.25, 0.3) is 10.9 Å². The molecule has 0 spiro atoms. The Morgan fingerprint density at radius 2 is 1.78 bits per heavy atom. The molecule has 45 heavy (non-hydrogen) atoms. The van der Waals surface area contributed by atoms with E-state index in [2.05, 4.69) is 15.7 Å². The van der Waals surface area contributed by atoms with E-state index < -0.39 is 35.3 Å². The van der Waals surface area contributed by atoms with Gasteiger partial charge in [-0.15, -0.1) is 0 Å². The number of amides is 2. The van der Waals surface area contributed by atoms with Crippen LogP contribution in [0.3, 0.4) is 0 Å². The third kappa shape index (κ3) is 7.20. The van der Waals surface area contributed by atoms with Crippen LogP contribution >= 0.6 is 0 Å². The van der Waals surface area contributed by atoms with Crippen molar-refractivity contribution >= 4 is 28.4 Å². The molecule has 2 atom stereocenters. The molecule has 3 aromatic carbocycles. The van der Waals surface area contributed by atoms with Gasteiger partial charge in [-0.2, -0.15) is 18.3 Å². The van der Waals surface area contributed by atoms with E-state index in [1.807, 2.05) is 37.3 Å². The van der Waals surface area contributed by atoms with Gasteiger partial charge in [0.25, 0.3) is 5.91 Å². The molecule has 0 saturated carbocycles. The van der Waals surface area contributed by atoms with Crippen LogP contribution in [0.4, 0.5) is 18.9 Å². The van der Waals surface area contributed by atoms with E-state index >= 15 is 0 Å². The minimum atomic E-state index is -4.48. The van der Waals surface area contributed by atoms with Gasteiger partial charge >= 0.3 is 6.18 Å². The Balaban J connectivity index is 1.40. The maximum absolute atomic E-state index is 13.8. The molecule has 1 fully saturated rings. The van der Waals surface area contributed by atoms with E-state index in [9.17, 15) is 27.9 Å². The molecule has 1 aromatic heterocycles. The van der Waals surface area contributed by atoms with Gasteiger partial charge in [-0.3, -0.25) is 14.3 Å². The Kier molecular flexibility index (Phi) is 9.31. The summed E-state index contributed by atoms with van der Waals surface area (Å²) in [7, 11) is 0. The highest BCUT2D eigenvalue weighted by Crippen LogP contribution is 2.33. The standard InChI is InChI=1S/C34H38F3N5O3/c1-4-42-29-18-23(17-28(26(29)20-39-42)41-15-9-14-31(41)44)32(45)40-27(16-22-10-6-5-7-11-22)30(43)21-38-33(2,3)24-12-8-13-25(19-24)34(35,36)37/h5-8,10-13,17-20,27,30,38,43H,4,9,14-16,21H2,1-3H3,(H,40,45)/t27-,30+/m0/s1. The van der Waals surface area contributed by atoms with Gasteiger partial charge in [0.2, 0.25) is 5.91 Å². The first-order valence-electron chi connectivity index (χ1n) is 15.1. The average Bonchev–Trinajstić information content (AvgIpc) is 3.65. The van der Waals surface area contributed by atoms with Crippen LogP contribution < -0.4 is 15.5 Å². The number of aliphatic hydroxyl groups is 1.